The van der Waals surface area contributed by atoms with Crippen LogP contribution >= 0.6 is 0 Å². The number of benzene rings is 1. The van der Waals surface area contributed by atoms with Gasteiger partial charge in [-0.3, -0.25) is 14.4 Å². The zero-order valence-electron chi connectivity index (χ0n) is 20.3. The molecule has 0 radical (unpaired) electrons. The second kappa shape index (κ2) is 10.8. The number of carbonyl (C=O) groups excluding carboxylic acids is 1. The van der Waals surface area contributed by atoms with E-state index in [0.717, 1.165) is 82.0 Å². The summed E-state index contributed by atoms with van der Waals surface area (Å²) in [6.07, 6.45) is 5.64. The monoisotopic (exact) mass is 496 g/mol. The van der Waals surface area contributed by atoms with Crippen LogP contribution in [0.4, 0.5) is 21.7 Å². The number of hydrogen-bond acceptors (Lipinski definition) is 8. The summed E-state index contributed by atoms with van der Waals surface area (Å²) in [4.78, 5) is 18.9. The number of fused-ring (bicyclic) bond motifs is 1. The van der Waals surface area contributed by atoms with Gasteiger partial charge in [-0.15, -0.1) is 0 Å². The smallest absolute Gasteiger partial charge is 0.252 e. The summed E-state index contributed by atoms with van der Waals surface area (Å²) in [5.74, 6) is -1.15. The molecule has 1 aliphatic carbocycles. The van der Waals surface area contributed by atoms with Crippen LogP contribution in [0.25, 0.3) is 10.9 Å². The van der Waals surface area contributed by atoms with Gasteiger partial charge in [0, 0.05) is 42.8 Å². The lowest BCUT2D eigenvalue weighted by Crippen LogP contribution is -2.43. The van der Waals surface area contributed by atoms with Crippen molar-refractivity contribution in [2.45, 2.75) is 44.3 Å². The number of nitrogens with zero attached hydrogens (tertiary/aromatic N) is 4. The van der Waals surface area contributed by atoms with Crippen molar-refractivity contribution in [3.63, 3.8) is 0 Å². The molecule has 10 nitrogen and oxygen atoms in total. The number of ether oxygens (including phenoxy) is 1. The first-order valence-corrected chi connectivity index (χ1v) is 12.5. The summed E-state index contributed by atoms with van der Waals surface area (Å²) in [5.41, 5.74) is 13.4. The number of nitrogens with one attached hydrogen (secondary N) is 2. The van der Waals surface area contributed by atoms with Crippen LogP contribution < -0.4 is 22.1 Å². The summed E-state index contributed by atoms with van der Waals surface area (Å²) in [7, 11) is 0. The molecule has 2 atom stereocenters. The third kappa shape index (κ3) is 5.43. The second-order valence-electron chi connectivity index (χ2n) is 9.50. The molecule has 6 N–H and O–H groups in total. The molecular weight excluding hydrogens is 463 g/mol. The summed E-state index contributed by atoms with van der Waals surface area (Å²) < 4.78 is 22.2. The lowest BCUT2D eigenvalue weighted by molar-refractivity contribution is 0.0361. The van der Waals surface area contributed by atoms with E-state index in [1.54, 1.807) is 0 Å². The van der Waals surface area contributed by atoms with E-state index in [0.29, 0.717) is 5.69 Å². The molecule has 2 fully saturated rings. The van der Waals surface area contributed by atoms with Crippen molar-refractivity contribution in [3.05, 3.63) is 41.8 Å². The molecule has 2 aliphatic rings. The molecule has 192 valence electrons. The highest BCUT2D eigenvalue weighted by Gasteiger charge is 2.24. The molecule has 0 spiro atoms. The number of anilines is 3. The molecule has 0 unspecified atom stereocenters. The normalized spacial score (nSPS) is 20.9. The Labute approximate surface area is 209 Å². The van der Waals surface area contributed by atoms with E-state index in [9.17, 15) is 9.18 Å². The summed E-state index contributed by atoms with van der Waals surface area (Å²) in [5, 5.41) is 11.8. The fraction of sp³-hybridized carbons (Fsp3) is 0.480. The van der Waals surface area contributed by atoms with E-state index in [2.05, 4.69) is 25.6 Å². The molecule has 1 aromatic carbocycles. The topological polar surface area (TPSA) is 136 Å². The molecule has 3 aromatic rings. The number of hydrogen-bond donors (Lipinski definition) is 4. The highest BCUT2D eigenvalue weighted by Crippen LogP contribution is 2.28. The fourth-order valence-electron chi connectivity index (χ4n) is 4.91. The van der Waals surface area contributed by atoms with E-state index in [1.165, 1.54) is 0 Å². The van der Waals surface area contributed by atoms with Gasteiger partial charge in [-0.2, -0.15) is 5.10 Å². The predicted molar refractivity (Wildman–Crippen MR) is 137 cm³/mol. The maximum atomic E-state index is 14.8. The minimum Gasteiger partial charge on any atom is -0.379 e. The molecule has 1 amide bonds. The molecular formula is C25H33FN8O2. The average Bonchev–Trinajstić information content (AvgIpc) is 3.28. The molecule has 5 rings (SSSR count). The van der Waals surface area contributed by atoms with Crippen LogP contribution in [-0.2, 0) is 11.3 Å². The molecule has 11 heteroatoms. The highest BCUT2D eigenvalue weighted by molar-refractivity contribution is 5.99. The van der Waals surface area contributed by atoms with Gasteiger partial charge in [0.15, 0.2) is 11.6 Å². The Hall–Kier alpha value is -3.28. The first-order valence-electron chi connectivity index (χ1n) is 12.5. The van der Waals surface area contributed by atoms with E-state index >= 15 is 0 Å². The lowest BCUT2D eigenvalue weighted by atomic mass is 9.91. The number of morpholine rings is 1. The van der Waals surface area contributed by atoms with Gasteiger partial charge in [0.2, 0.25) is 0 Å². The van der Waals surface area contributed by atoms with Crippen LogP contribution in [0.5, 0.6) is 0 Å². The Morgan fingerprint density at radius 2 is 1.94 bits per heavy atom. The van der Waals surface area contributed by atoms with Gasteiger partial charge in [-0.05, 0) is 37.1 Å². The summed E-state index contributed by atoms with van der Waals surface area (Å²) in [6.45, 7) is 4.96. The molecule has 1 aliphatic heterocycles. The first-order chi connectivity index (χ1) is 17.5. The largest absolute Gasteiger partial charge is 0.379 e. The van der Waals surface area contributed by atoms with Crippen LogP contribution in [-0.4, -0.2) is 70.5 Å². The second-order valence-corrected chi connectivity index (χ2v) is 9.50. The third-order valence-corrected chi connectivity index (χ3v) is 7.02. The number of aromatic nitrogens is 3. The van der Waals surface area contributed by atoms with Gasteiger partial charge in [0.1, 0.15) is 5.82 Å². The third-order valence-electron chi connectivity index (χ3n) is 7.02. The van der Waals surface area contributed by atoms with Gasteiger partial charge >= 0.3 is 0 Å². The quantitative estimate of drug-likeness (QED) is 0.373. The van der Waals surface area contributed by atoms with Gasteiger partial charge in [-0.1, -0.05) is 12.8 Å². The van der Waals surface area contributed by atoms with Crippen LogP contribution in [0.1, 0.15) is 36.0 Å². The van der Waals surface area contributed by atoms with Crippen molar-refractivity contribution >= 4 is 34.1 Å². The SMILES string of the molecule is NC(=O)c1cc(F)c(N[C@@H]2CCCC[C@@H]2N)nc1Nc1ccc2cnn(CCN3CCOCC3)c2c1. The minimum atomic E-state index is -0.763. The summed E-state index contributed by atoms with van der Waals surface area (Å²) in [6, 6.07) is 6.73. The summed E-state index contributed by atoms with van der Waals surface area (Å²) >= 11 is 0. The van der Waals surface area contributed by atoms with E-state index in [4.69, 9.17) is 16.2 Å². The van der Waals surface area contributed by atoms with E-state index in [-0.39, 0.29) is 29.3 Å². The van der Waals surface area contributed by atoms with Crippen LogP contribution in [0, 0.1) is 5.82 Å². The van der Waals surface area contributed by atoms with Gasteiger partial charge in [0.05, 0.1) is 37.0 Å². The number of carbonyl (C=O) groups is 1. The number of nitrogens with two attached hydrogens (primary N) is 2. The number of amides is 1. The molecule has 1 saturated carbocycles. The van der Waals surface area contributed by atoms with Crippen molar-refractivity contribution in [1.29, 1.82) is 0 Å². The van der Waals surface area contributed by atoms with Crippen molar-refractivity contribution in [2.24, 2.45) is 11.5 Å². The van der Waals surface area contributed by atoms with Gasteiger partial charge < -0.3 is 26.8 Å². The fourth-order valence-corrected chi connectivity index (χ4v) is 4.91. The standard InChI is InChI=1S/C25H33FN8O2/c26-19-14-18(23(28)35)24(32-25(19)31-21-4-2-1-3-20(21)27)30-17-6-5-16-15-29-34(22(16)13-17)8-7-33-9-11-36-12-10-33/h5-6,13-15,20-21H,1-4,7-12,27H2,(H2,28,35)(H2,30,31,32)/t20-,21+/m0/s1. The number of pyridine rings is 1. The molecule has 36 heavy (non-hydrogen) atoms. The maximum Gasteiger partial charge on any atom is 0.252 e. The minimum absolute atomic E-state index is 0.0214. The number of halogens is 1. The Morgan fingerprint density at radius 1 is 1.14 bits per heavy atom. The maximum absolute atomic E-state index is 14.8. The Bertz CT molecular complexity index is 1230. The molecule has 1 saturated heterocycles. The van der Waals surface area contributed by atoms with Crippen molar-refractivity contribution < 1.29 is 13.9 Å². The number of rotatable bonds is 8. The first kappa shape index (κ1) is 24.4. The zero-order chi connectivity index (χ0) is 25.1. The van der Waals surface area contributed by atoms with Crippen LogP contribution in [0.3, 0.4) is 0 Å². The Morgan fingerprint density at radius 3 is 2.72 bits per heavy atom. The molecule has 0 bridgehead atoms. The van der Waals surface area contributed by atoms with E-state index in [1.807, 2.05) is 29.1 Å². The van der Waals surface area contributed by atoms with Gasteiger partial charge in [-0.25, -0.2) is 9.37 Å². The Balaban J connectivity index is 1.38. The highest BCUT2D eigenvalue weighted by atomic mass is 19.1. The predicted octanol–water partition coefficient (Wildman–Crippen LogP) is 2.43. The number of primary amides is 1. The Kier molecular flexibility index (Phi) is 7.30. The lowest BCUT2D eigenvalue weighted by Gasteiger charge is -2.30. The molecule has 2 aromatic heterocycles. The van der Waals surface area contributed by atoms with Crippen molar-refractivity contribution in [2.75, 3.05) is 43.5 Å². The van der Waals surface area contributed by atoms with Crippen LogP contribution in [0.15, 0.2) is 30.5 Å². The van der Waals surface area contributed by atoms with Crippen molar-refractivity contribution in [3.8, 4) is 0 Å². The average molecular weight is 497 g/mol. The van der Waals surface area contributed by atoms with E-state index < -0.39 is 11.7 Å². The van der Waals surface area contributed by atoms with Gasteiger partial charge in [0.25, 0.3) is 5.91 Å². The van der Waals surface area contributed by atoms with Crippen molar-refractivity contribution in [1.82, 2.24) is 19.7 Å². The molecule has 3 heterocycles. The zero-order valence-corrected chi connectivity index (χ0v) is 20.3. The van der Waals surface area contributed by atoms with Crippen LogP contribution in [0.2, 0.25) is 0 Å².